The number of nitrogens with two attached hydrogens (primary N) is 1. The van der Waals surface area contributed by atoms with Crippen molar-refractivity contribution in [2.24, 2.45) is 5.73 Å². The largest absolute Gasteiger partial charge is 0.481 e. The summed E-state index contributed by atoms with van der Waals surface area (Å²) in [6.07, 6.45) is 1.64. The van der Waals surface area contributed by atoms with Gasteiger partial charge in [0.1, 0.15) is 11.3 Å². The van der Waals surface area contributed by atoms with Crippen LogP contribution in [0, 0.1) is 0 Å². The minimum absolute atomic E-state index is 0.254. The summed E-state index contributed by atoms with van der Waals surface area (Å²) in [6, 6.07) is 8.27. The number of hydrogen-bond acceptors (Lipinski definition) is 4. The smallest absolute Gasteiger partial charge is 0.330 e. The maximum absolute atomic E-state index is 11.3. The van der Waals surface area contributed by atoms with Crippen LogP contribution in [-0.4, -0.2) is 23.5 Å². The van der Waals surface area contributed by atoms with E-state index in [4.69, 9.17) is 10.5 Å². The first-order chi connectivity index (χ1) is 9.16. The third-order valence-electron chi connectivity index (χ3n) is 2.28. The van der Waals surface area contributed by atoms with Crippen molar-refractivity contribution in [3.63, 3.8) is 0 Å². The number of urea groups is 1. The van der Waals surface area contributed by atoms with Crippen LogP contribution in [0.4, 0.5) is 4.79 Å². The van der Waals surface area contributed by atoms with Gasteiger partial charge in [-0.2, -0.15) is 0 Å². The van der Waals surface area contributed by atoms with E-state index >= 15 is 0 Å². The molecule has 0 spiro atoms. The molecule has 3 amide bonds. The van der Waals surface area contributed by atoms with E-state index in [0.717, 1.165) is 5.39 Å². The fourth-order valence-electron chi connectivity index (χ4n) is 1.50. The Bertz CT molecular complexity index is 609. The number of hydrazine groups is 1. The number of carbonyl (C=O) groups is 2. The van der Waals surface area contributed by atoms with Crippen LogP contribution >= 0.6 is 0 Å². The molecule has 2 rings (SSSR count). The van der Waals surface area contributed by atoms with E-state index in [2.05, 4.69) is 10.4 Å². The molecule has 0 aliphatic carbocycles. The van der Waals surface area contributed by atoms with Gasteiger partial charge in [0.05, 0.1) is 0 Å². The lowest BCUT2D eigenvalue weighted by molar-refractivity contribution is -0.123. The van der Waals surface area contributed by atoms with Crippen molar-refractivity contribution in [1.82, 2.24) is 15.8 Å². The Kier molecular flexibility index (Phi) is 3.77. The number of carbonyl (C=O) groups excluding carboxylic acids is 2. The van der Waals surface area contributed by atoms with Gasteiger partial charge in [0.15, 0.2) is 6.61 Å². The minimum atomic E-state index is -0.847. The molecule has 0 atom stereocenters. The molecule has 7 heteroatoms. The first-order valence-electron chi connectivity index (χ1n) is 5.47. The quantitative estimate of drug-likeness (QED) is 0.690. The number of rotatable bonds is 3. The molecular formula is C12H12N4O3. The molecule has 0 saturated heterocycles. The third-order valence-corrected chi connectivity index (χ3v) is 2.28. The highest BCUT2D eigenvalue weighted by Crippen LogP contribution is 2.22. The van der Waals surface area contributed by atoms with E-state index in [1.165, 1.54) is 0 Å². The van der Waals surface area contributed by atoms with Gasteiger partial charge >= 0.3 is 6.03 Å². The van der Waals surface area contributed by atoms with Crippen LogP contribution in [0.5, 0.6) is 5.75 Å². The van der Waals surface area contributed by atoms with Gasteiger partial charge in [0, 0.05) is 11.6 Å². The summed E-state index contributed by atoms with van der Waals surface area (Å²) in [5.41, 5.74) is 9.53. The highest BCUT2D eigenvalue weighted by Gasteiger charge is 2.06. The topological polar surface area (TPSA) is 106 Å². The van der Waals surface area contributed by atoms with Crippen LogP contribution in [0.2, 0.25) is 0 Å². The number of amides is 3. The van der Waals surface area contributed by atoms with E-state index in [9.17, 15) is 9.59 Å². The van der Waals surface area contributed by atoms with Gasteiger partial charge < -0.3 is 10.5 Å². The molecule has 98 valence electrons. The van der Waals surface area contributed by atoms with Gasteiger partial charge in [-0.1, -0.05) is 18.2 Å². The molecule has 0 aliphatic rings. The summed E-state index contributed by atoms with van der Waals surface area (Å²) < 4.78 is 5.35. The van der Waals surface area contributed by atoms with Crippen LogP contribution in [0.15, 0.2) is 36.5 Å². The van der Waals surface area contributed by atoms with Crippen LogP contribution < -0.4 is 21.3 Å². The number of ether oxygens (including phenoxy) is 1. The van der Waals surface area contributed by atoms with Gasteiger partial charge in [-0.25, -0.2) is 10.2 Å². The predicted octanol–water partition coefficient (Wildman–Crippen LogP) is 0.313. The third kappa shape index (κ3) is 3.32. The second-order valence-corrected chi connectivity index (χ2v) is 3.66. The molecule has 4 N–H and O–H groups in total. The lowest BCUT2D eigenvalue weighted by atomic mass is 10.2. The highest BCUT2D eigenvalue weighted by atomic mass is 16.5. The maximum Gasteiger partial charge on any atom is 0.330 e. The molecule has 0 bridgehead atoms. The maximum atomic E-state index is 11.3. The Labute approximate surface area is 108 Å². The van der Waals surface area contributed by atoms with E-state index in [0.29, 0.717) is 11.3 Å². The fraction of sp³-hybridized carbons (Fsp3) is 0.0833. The van der Waals surface area contributed by atoms with Crippen molar-refractivity contribution < 1.29 is 14.3 Å². The Balaban J connectivity index is 2.02. The lowest BCUT2D eigenvalue weighted by Crippen LogP contribution is -2.46. The van der Waals surface area contributed by atoms with Crippen molar-refractivity contribution in [3.8, 4) is 5.75 Å². The number of para-hydroxylation sites is 1. The van der Waals surface area contributed by atoms with Crippen LogP contribution in [0.3, 0.4) is 0 Å². The Hall–Kier alpha value is -2.83. The molecule has 0 fully saturated rings. The van der Waals surface area contributed by atoms with Crippen molar-refractivity contribution in [2.75, 3.05) is 6.61 Å². The van der Waals surface area contributed by atoms with E-state index in [1.54, 1.807) is 18.3 Å². The molecule has 1 aromatic heterocycles. The van der Waals surface area contributed by atoms with Crippen LogP contribution in [-0.2, 0) is 4.79 Å². The van der Waals surface area contributed by atoms with Crippen molar-refractivity contribution in [3.05, 3.63) is 36.5 Å². The van der Waals surface area contributed by atoms with Gasteiger partial charge in [-0.05, 0) is 12.1 Å². The van der Waals surface area contributed by atoms with E-state index in [-0.39, 0.29) is 6.61 Å². The van der Waals surface area contributed by atoms with Gasteiger partial charge in [0.25, 0.3) is 5.91 Å². The number of hydrogen-bond donors (Lipinski definition) is 3. The standard InChI is InChI=1S/C12H12N4O3/c13-12(18)16-15-10(17)7-19-9-5-1-3-8-4-2-6-14-11(8)9/h1-6H,7H2,(H,15,17)(H3,13,16,18). The molecule has 1 aromatic carbocycles. The SMILES string of the molecule is NC(=O)NNC(=O)COc1cccc2cccnc12. The number of aromatic nitrogens is 1. The van der Waals surface area contributed by atoms with Gasteiger partial charge in [-0.3, -0.25) is 15.2 Å². The van der Waals surface area contributed by atoms with Crippen molar-refractivity contribution >= 4 is 22.8 Å². The number of nitrogens with one attached hydrogen (secondary N) is 2. The molecule has 7 nitrogen and oxygen atoms in total. The minimum Gasteiger partial charge on any atom is -0.481 e. The number of benzene rings is 1. The first-order valence-corrected chi connectivity index (χ1v) is 5.47. The second kappa shape index (κ2) is 5.67. The summed E-state index contributed by atoms with van der Waals surface area (Å²) in [6.45, 7) is -0.254. The first kappa shape index (κ1) is 12.6. The predicted molar refractivity (Wildman–Crippen MR) is 68.1 cm³/mol. The molecule has 0 saturated carbocycles. The summed E-state index contributed by atoms with van der Waals surface area (Å²) in [4.78, 5) is 25.9. The molecular weight excluding hydrogens is 248 g/mol. The highest BCUT2D eigenvalue weighted by molar-refractivity contribution is 5.85. The van der Waals surface area contributed by atoms with Crippen LogP contribution in [0.1, 0.15) is 0 Å². The number of primary amides is 1. The van der Waals surface area contributed by atoms with E-state index < -0.39 is 11.9 Å². The molecule has 0 radical (unpaired) electrons. The van der Waals surface area contributed by atoms with Gasteiger partial charge in [0.2, 0.25) is 0 Å². The molecule has 0 aliphatic heterocycles. The Morgan fingerprint density at radius 1 is 1.21 bits per heavy atom. The van der Waals surface area contributed by atoms with Crippen molar-refractivity contribution in [1.29, 1.82) is 0 Å². The summed E-state index contributed by atoms with van der Waals surface area (Å²) in [5.74, 6) is -0.0286. The number of fused-ring (bicyclic) bond motifs is 1. The lowest BCUT2D eigenvalue weighted by Gasteiger charge is -2.08. The van der Waals surface area contributed by atoms with Crippen molar-refractivity contribution in [2.45, 2.75) is 0 Å². The van der Waals surface area contributed by atoms with Crippen LogP contribution in [0.25, 0.3) is 10.9 Å². The molecule has 19 heavy (non-hydrogen) atoms. The Morgan fingerprint density at radius 3 is 2.79 bits per heavy atom. The molecule has 1 heterocycles. The number of nitrogens with zero attached hydrogens (tertiary/aromatic N) is 1. The monoisotopic (exact) mass is 260 g/mol. The normalized spacial score (nSPS) is 9.89. The molecule has 2 aromatic rings. The zero-order valence-electron chi connectivity index (χ0n) is 9.92. The van der Waals surface area contributed by atoms with Gasteiger partial charge in [-0.15, -0.1) is 0 Å². The average molecular weight is 260 g/mol. The number of pyridine rings is 1. The fourth-order valence-corrected chi connectivity index (χ4v) is 1.50. The summed E-state index contributed by atoms with van der Waals surface area (Å²) in [7, 11) is 0. The van der Waals surface area contributed by atoms with E-state index in [1.807, 2.05) is 23.6 Å². The average Bonchev–Trinajstić information content (AvgIpc) is 2.42. The zero-order valence-corrected chi connectivity index (χ0v) is 9.92. The Morgan fingerprint density at radius 2 is 2.00 bits per heavy atom. The summed E-state index contributed by atoms with van der Waals surface area (Å²) in [5, 5.41) is 0.913. The molecule has 0 unspecified atom stereocenters. The summed E-state index contributed by atoms with van der Waals surface area (Å²) >= 11 is 0. The zero-order chi connectivity index (χ0) is 13.7. The second-order valence-electron chi connectivity index (χ2n) is 3.66.